The third kappa shape index (κ3) is 1.73. The molecule has 3 aliphatic rings. The summed E-state index contributed by atoms with van der Waals surface area (Å²) in [4.78, 5) is 23.0. The number of hydrogen-bond acceptors (Lipinski definition) is 4. The summed E-state index contributed by atoms with van der Waals surface area (Å²) in [6, 6.07) is 7.92. The zero-order valence-electron chi connectivity index (χ0n) is 10.5. The lowest BCUT2D eigenvalue weighted by Crippen LogP contribution is -2.48. The van der Waals surface area contributed by atoms with Gasteiger partial charge in [0.1, 0.15) is 5.84 Å². The Morgan fingerprint density at radius 2 is 2.16 bits per heavy atom. The predicted molar refractivity (Wildman–Crippen MR) is 72.5 cm³/mol. The number of nitrogens with zero attached hydrogens (tertiary/aromatic N) is 3. The molecule has 2 aliphatic heterocycles. The van der Waals surface area contributed by atoms with Crippen LogP contribution in [0.15, 0.2) is 34.3 Å². The molecule has 1 aliphatic carbocycles. The van der Waals surface area contributed by atoms with Crippen LogP contribution in [-0.2, 0) is 4.79 Å². The van der Waals surface area contributed by atoms with Crippen LogP contribution in [0.5, 0.6) is 0 Å². The number of fused-ring (bicyclic) bond motifs is 3. The summed E-state index contributed by atoms with van der Waals surface area (Å²) < 4.78 is 0. The van der Waals surface area contributed by atoms with Gasteiger partial charge in [0.15, 0.2) is 0 Å². The summed E-state index contributed by atoms with van der Waals surface area (Å²) >= 11 is 0. The van der Waals surface area contributed by atoms with Crippen LogP contribution >= 0.6 is 0 Å². The minimum absolute atomic E-state index is 0.0874. The van der Waals surface area contributed by atoms with Crippen molar-refractivity contribution in [1.82, 2.24) is 10.2 Å². The number of amides is 1. The van der Waals surface area contributed by atoms with Crippen LogP contribution in [0.2, 0.25) is 0 Å². The first-order valence-corrected chi connectivity index (χ1v) is 6.64. The van der Waals surface area contributed by atoms with E-state index in [9.17, 15) is 4.79 Å². The van der Waals surface area contributed by atoms with Crippen LogP contribution in [0.1, 0.15) is 18.4 Å². The van der Waals surface area contributed by atoms with E-state index in [1.54, 1.807) is 0 Å². The SMILES string of the molecule is O=C(NC1=Nc2ccccc2C2=NCCN12)C1CC1. The Hall–Kier alpha value is -2.17. The van der Waals surface area contributed by atoms with Crippen LogP contribution in [0.4, 0.5) is 5.69 Å². The van der Waals surface area contributed by atoms with E-state index in [0.29, 0.717) is 5.96 Å². The molecule has 1 aromatic rings. The Labute approximate surface area is 111 Å². The Morgan fingerprint density at radius 1 is 1.32 bits per heavy atom. The summed E-state index contributed by atoms with van der Waals surface area (Å²) in [5, 5.41) is 2.95. The summed E-state index contributed by atoms with van der Waals surface area (Å²) in [6.07, 6.45) is 1.99. The van der Waals surface area contributed by atoms with Gasteiger partial charge in [-0.3, -0.25) is 20.0 Å². The quantitative estimate of drug-likeness (QED) is 0.820. The first kappa shape index (κ1) is 10.7. The largest absolute Gasteiger partial charge is 0.296 e. The summed E-state index contributed by atoms with van der Waals surface area (Å²) in [5.41, 5.74) is 1.93. The molecule has 5 heteroatoms. The molecule has 1 N–H and O–H groups in total. The van der Waals surface area contributed by atoms with Crippen molar-refractivity contribution in [3.05, 3.63) is 29.8 Å². The summed E-state index contributed by atoms with van der Waals surface area (Å²) in [6.45, 7) is 1.54. The van der Waals surface area contributed by atoms with Crippen molar-refractivity contribution in [3.63, 3.8) is 0 Å². The van der Waals surface area contributed by atoms with Crippen molar-refractivity contribution < 1.29 is 4.79 Å². The molecule has 0 bridgehead atoms. The monoisotopic (exact) mass is 254 g/mol. The van der Waals surface area contributed by atoms with Gasteiger partial charge in [-0.25, -0.2) is 4.99 Å². The molecule has 0 atom stereocenters. The number of para-hydroxylation sites is 1. The molecule has 1 aromatic carbocycles. The molecule has 4 rings (SSSR count). The topological polar surface area (TPSA) is 57.1 Å². The van der Waals surface area contributed by atoms with Gasteiger partial charge in [0.25, 0.3) is 0 Å². The van der Waals surface area contributed by atoms with Gasteiger partial charge in [0.2, 0.25) is 11.9 Å². The number of amidine groups is 1. The third-order valence-electron chi connectivity index (χ3n) is 3.65. The van der Waals surface area contributed by atoms with Gasteiger partial charge in [0, 0.05) is 18.0 Å². The number of benzene rings is 1. The number of nitrogens with one attached hydrogen (secondary N) is 1. The molecular weight excluding hydrogens is 240 g/mol. The molecule has 1 saturated carbocycles. The van der Waals surface area contributed by atoms with Crippen molar-refractivity contribution in [2.75, 3.05) is 13.1 Å². The van der Waals surface area contributed by atoms with Gasteiger partial charge in [0.05, 0.1) is 12.2 Å². The number of guanidine groups is 1. The fourth-order valence-electron chi connectivity index (χ4n) is 2.47. The Kier molecular flexibility index (Phi) is 2.21. The number of hydrogen-bond donors (Lipinski definition) is 1. The number of carbonyl (C=O) groups excluding carboxylic acids is 1. The van der Waals surface area contributed by atoms with Gasteiger partial charge >= 0.3 is 0 Å². The van der Waals surface area contributed by atoms with E-state index >= 15 is 0 Å². The maximum Gasteiger partial charge on any atom is 0.229 e. The van der Waals surface area contributed by atoms with Gasteiger partial charge in [-0.05, 0) is 25.0 Å². The van der Waals surface area contributed by atoms with E-state index in [-0.39, 0.29) is 11.8 Å². The van der Waals surface area contributed by atoms with E-state index < -0.39 is 0 Å². The molecule has 1 fully saturated rings. The molecular formula is C14H14N4O. The second kappa shape index (κ2) is 3.91. The zero-order chi connectivity index (χ0) is 12.8. The molecule has 19 heavy (non-hydrogen) atoms. The van der Waals surface area contributed by atoms with E-state index in [1.807, 2.05) is 29.2 Å². The van der Waals surface area contributed by atoms with Crippen LogP contribution in [0.25, 0.3) is 0 Å². The molecule has 0 radical (unpaired) electrons. The van der Waals surface area contributed by atoms with Crippen molar-refractivity contribution >= 4 is 23.4 Å². The lowest BCUT2D eigenvalue weighted by atomic mass is 10.1. The van der Waals surface area contributed by atoms with Gasteiger partial charge in [-0.15, -0.1) is 0 Å². The highest BCUT2D eigenvalue weighted by Crippen LogP contribution is 2.30. The molecule has 96 valence electrons. The van der Waals surface area contributed by atoms with E-state index in [2.05, 4.69) is 15.3 Å². The molecule has 0 saturated heterocycles. The van der Waals surface area contributed by atoms with Gasteiger partial charge in [-0.2, -0.15) is 0 Å². The zero-order valence-corrected chi connectivity index (χ0v) is 10.5. The first-order chi connectivity index (χ1) is 9.33. The van der Waals surface area contributed by atoms with Gasteiger partial charge < -0.3 is 0 Å². The smallest absolute Gasteiger partial charge is 0.229 e. The number of rotatable bonds is 1. The Balaban J connectivity index is 1.72. The maximum atomic E-state index is 11.9. The van der Waals surface area contributed by atoms with Gasteiger partial charge in [-0.1, -0.05) is 12.1 Å². The predicted octanol–water partition coefficient (Wildman–Crippen LogP) is 1.28. The maximum absolute atomic E-state index is 11.9. The molecule has 2 heterocycles. The molecule has 1 amide bonds. The van der Waals surface area contributed by atoms with Crippen molar-refractivity contribution in [1.29, 1.82) is 0 Å². The van der Waals surface area contributed by atoms with Crippen LogP contribution in [0, 0.1) is 5.92 Å². The van der Waals surface area contributed by atoms with Crippen molar-refractivity contribution in [2.24, 2.45) is 15.9 Å². The second-order valence-corrected chi connectivity index (χ2v) is 5.07. The summed E-state index contributed by atoms with van der Waals surface area (Å²) in [5.74, 6) is 1.83. The highest BCUT2D eigenvalue weighted by molar-refractivity contribution is 6.18. The number of carbonyl (C=O) groups is 1. The van der Waals surface area contributed by atoms with Crippen LogP contribution in [0.3, 0.4) is 0 Å². The van der Waals surface area contributed by atoms with Crippen molar-refractivity contribution in [2.45, 2.75) is 12.8 Å². The lowest BCUT2D eigenvalue weighted by molar-refractivity contribution is -0.120. The standard InChI is InChI=1S/C14H14N4O/c19-13(9-5-6-9)17-14-16-11-4-2-1-3-10(11)12-15-7-8-18(12)14/h1-4,9H,5-8H2,(H,16,17,19). The Morgan fingerprint density at radius 3 is 3.00 bits per heavy atom. The molecule has 0 aromatic heterocycles. The van der Waals surface area contributed by atoms with E-state index in [4.69, 9.17) is 0 Å². The first-order valence-electron chi connectivity index (χ1n) is 6.64. The normalized spacial score (nSPS) is 20.3. The van der Waals surface area contributed by atoms with Crippen LogP contribution < -0.4 is 5.32 Å². The fourth-order valence-corrected chi connectivity index (χ4v) is 2.47. The van der Waals surface area contributed by atoms with Crippen molar-refractivity contribution in [3.8, 4) is 0 Å². The minimum Gasteiger partial charge on any atom is -0.296 e. The molecule has 0 spiro atoms. The third-order valence-corrected chi connectivity index (χ3v) is 3.65. The second-order valence-electron chi connectivity index (χ2n) is 5.07. The average Bonchev–Trinajstić information content (AvgIpc) is 3.16. The fraction of sp³-hybridized carbons (Fsp3) is 0.357. The summed E-state index contributed by atoms with van der Waals surface area (Å²) in [7, 11) is 0. The highest BCUT2D eigenvalue weighted by Gasteiger charge is 2.34. The highest BCUT2D eigenvalue weighted by atomic mass is 16.2. The average molecular weight is 254 g/mol. The molecule has 5 nitrogen and oxygen atoms in total. The van der Waals surface area contributed by atoms with Crippen LogP contribution in [-0.4, -0.2) is 35.7 Å². The van der Waals surface area contributed by atoms with E-state index in [1.165, 1.54) is 0 Å². The number of aliphatic imine (C=N–C) groups is 2. The lowest BCUT2D eigenvalue weighted by Gasteiger charge is -2.27. The Bertz CT molecular complexity index is 616. The minimum atomic E-state index is 0.0874. The van der Waals surface area contributed by atoms with E-state index in [0.717, 1.165) is 43.0 Å². The molecule has 0 unspecified atom stereocenters.